The van der Waals surface area contributed by atoms with Gasteiger partial charge in [0.2, 0.25) is 0 Å². The molecule has 2 rings (SSSR count). The molecule has 0 saturated carbocycles. The van der Waals surface area contributed by atoms with Crippen molar-refractivity contribution < 1.29 is 9.50 Å². The highest BCUT2D eigenvalue weighted by Gasteiger charge is 2.21. The van der Waals surface area contributed by atoms with Gasteiger partial charge in [0.15, 0.2) is 0 Å². The van der Waals surface area contributed by atoms with E-state index in [1.54, 1.807) is 25.2 Å². The maximum absolute atomic E-state index is 14.0. The number of pyridine rings is 1. The molecule has 1 heterocycles. The zero-order valence-electron chi connectivity index (χ0n) is 13.1. The fourth-order valence-electron chi connectivity index (χ4n) is 2.66. The fraction of sp³-hybridized carbons (Fsp3) is 0.353. The molecular weight excluding hydrogens is 283 g/mol. The predicted octanol–water partition coefficient (Wildman–Crippen LogP) is 2.96. The summed E-state index contributed by atoms with van der Waals surface area (Å²) in [4.78, 5) is 12.6. The van der Waals surface area contributed by atoms with Crippen LogP contribution in [0.15, 0.2) is 35.1 Å². The second-order valence-electron chi connectivity index (χ2n) is 5.19. The first-order valence-corrected chi connectivity index (χ1v) is 7.42. The minimum absolute atomic E-state index is 0.103. The van der Waals surface area contributed by atoms with Gasteiger partial charge in [-0.3, -0.25) is 4.79 Å². The Kier molecular flexibility index (Phi) is 4.98. The van der Waals surface area contributed by atoms with Crippen molar-refractivity contribution in [3.05, 3.63) is 52.1 Å². The van der Waals surface area contributed by atoms with Gasteiger partial charge in [-0.15, -0.1) is 0 Å². The van der Waals surface area contributed by atoms with Crippen LogP contribution in [0.2, 0.25) is 0 Å². The molecule has 0 bridgehead atoms. The molecule has 0 fully saturated rings. The molecule has 1 atom stereocenters. The lowest BCUT2D eigenvalue weighted by atomic mass is 10.0. The molecule has 0 saturated heterocycles. The number of nitrogens with one attached hydrogen (secondary N) is 1. The van der Waals surface area contributed by atoms with Gasteiger partial charge >= 0.3 is 0 Å². The van der Waals surface area contributed by atoms with E-state index in [1.807, 2.05) is 13.8 Å². The second kappa shape index (κ2) is 6.75. The van der Waals surface area contributed by atoms with Crippen LogP contribution in [-0.2, 0) is 7.05 Å². The average molecular weight is 304 g/mol. The molecule has 0 aliphatic heterocycles. The van der Waals surface area contributed by atoms with Crippen LogP contribution >= 0.6 is 0 Å². The molecule has 1 unspecified atom stereocenters. The van der Waals surface area contributed by atoms with E-state index in [-0.39, 0.29) is 17.4 Å². The summed E-state index contributed by atoms with van der Waals surface area (Å²) in [5.41, 5.74) is 0.661. The van der Waals surface area contributed by atoms with Crippen molar-refractivity contribution in [2.24, 2.45) is 7.05 Å². The van der Waals surface area contributed by atoms with Crippen LogP contribution in [0.5, 0.6) is 5.75 Å². The van der Waals surface area contributed by atoms with Crippen molar-refractivity contribution in [2.45, 2.75) is 26.3 Å². The maximum atomic E-state index is 14.0. The summed E-state index contributed by atoms with van der Waals surface area (Å²) in [5.74, 6) is -0.530. The zero-order valence-corrected chi connectivity index (χ0v) is 13.1. The molecule has 2 aromatic rings. The zero-order chi connectivity index (χ0) is 16.3. The van der Waals surface area contributed by atoms with Crippen molar-refractivity contribution in [1.82, 2.24) is 9.88 Å². The molecule has 0 amide bonds. The highest BCUT2D eigenvalue weighted by Crippen LogP contribution is 2.29. The van der Waals surface area contributed by atoms with Gasteiger partial charge in [0.1, 0.15) is 11.6 Å². The Hall–Kier alpha value is -2.14. The van der Waals surface area contributed by atoms with Crippen molar-refractivity contribution in [2.75, 3.05) is 6.54 Å². The van der Waals surface area contributed by atoms with Gasteiger partial charge in [-0.2, -0.15) is 0 Å². The average Bonchev–Trinajstić information content (AvgIpc) is 2.51. The van der Waals surface area contributed by atoms with E-state index < -0.39 is 5.82 Å². The lowest BCUT2D eigenvalue weighted by molar-refractivity contribution is 0.438. The van der Waals surface area contributed by atoms with Gasteiger partial charge < -0.3 is 15.0 Å². The molecule has 0 aliphatic carbocycles. The lowest BCUT2D eigenvalue weighted by Crippen LogP contribution is -2.30. The molecule has 1 aromatic carbocycles. The topological polar surface area (TPSA) is 54.3 Å². The molecule has 22 heavy (non-hydrogen) atoms. The molecule has 0 aliphatic rings. The van der Waals surface area contributed by atoms with Crippen LogP contribution in [0, 0.1) is 5.82 Å². The predicted molar refractivity (Wildman–Crippen MR) is 85.5 cm³/mol. The number of nitrogens with zero attached hydrogens (tertiary/aromatic N) is 1. The maximum Gasteiger partial charge on any atom is 0.259 e. The normalized spacial score (nSPS) is 12.4. The quantitative estimate of drug-likeness (QED) is 0.893. The number of aromatic hydroxyl groups is 1. The number of hydrogen-bond acceptors (Lipinski definition) is 3. The van der Waals surface area contributed by atoms with Gasteiger partial charge in [0, 0.05) is 24.7 Å². The molecule has 0 radical (unpaired) electrons. The van der Waals surface area contributed by atoms with Gasteiger partial charge in [-0.05, 0) is 25.1 Å². The summed E-state index contributed by atoms with van der Waals surface area (Å²) in [6.07, 6.45) is 0.676. The largest absolute Gasteiger partial charge is 0.507 e. The third kappa shape index (κ3) is 2.90. The number of halogens is 1. The SMILES string of the molecule is CCNC(CC)c1c(O)cc(-c2ccccc2F)n(C)c1=O. The van der Waals surface area contributed by atoms with E-state index in [4.69, 9.17) is 0 Å². The van der Waals surface area contributed by atoms with E-state index in [0.717, 1.165) is 0 Å². The standard InChI is InChI=1S/C17H21FN2O2/c1-4-13(19-5-2)16-15(21)10-14(20(3)17(16)22)11-8-6-7-9-12(11)18/h6-10,13,19,21H,4-5H2,1-3H3. The minimum Gasteiger partial charge on any atom is -0.507 e. The van der Waals surface area contributed by atoms with Crippen molar-refractivity contribution in [3.8, 4) is 17.0 Å². The fourth-order valence-corrected chi connectivity index (χ4v) is 2.66. The molecule has 2 N–H and O–H groups in total. The van der Waals surface area contributed by atoms with Crippen LogP contribution in [0.3, 0.4) is 0 Å². The van der Waals surface area contributed by atoms with Gasteiger partial charge in [0.25, 0.3) is 5.56 Å². The van der Waals surface area contributed by atoms with E-state index in [2.05, 4.69) is 5.32 Å². The number of hydrogen-bond donors (Lipinski definition) is 2. The molecule has 1 aromatic heterocycles. The number of aromatic nitrogens is 1. The summed E-state index contributed by atoms with van der Waals surface area (Å²) >= 11 is 0. The Morgan fingerprint density at radius 2 is 2.00 bits per heavy atom. The summed E-state index contributed by atoms with van der Waals surface area (Å²) < 4.78 is 15.3. The first-order chi connectivity index (χ1) is 10.5. The monoisotopic (exact) mass is 304 g/mol. The molecular formula is C17H21FN2O2. The molecule has 0 spiro atoms. The van der Waals surface area contributed by atoms with E-state index in [1.165, 1.54) is 16.7 Å². The highest BCUT2D eigenvalue weighted by molar-refractivity contribution is 5.63. The first-order valence-electron chi connectivity index (χ1n) is 7.42. The van der Waals surface area contributed by atoms with Gasteiger partial charge in [-0.25, -0.2) is 4.39 Å². The Balaban J connectivity index is 2.64. The summed E-state index contributed by atoms with van der Waals surface area (Å²) in [6, 6.07) is 7.43. The third-order valence-corrected chi connectivity index (χ3v) is 3.80. The van der Waals surface area contributed by atoms with Crippen LogP contribution in [0.1, 0.15) is 31.9 Å². The first kappa shape index (κ1) is 16.2. The molecule has 4 nitrogen and oxygen atoms in total. The van der Waals surface area contributed by atoms with Crippen molar-refractivity contribution in [3.63, 3.8) is 0 Å². The Morgan fingerprint density at radius 3 is 2.59 bits per heavy atom. The van der Waals surface area contributed by atoms with E-state index >= 15 is 0 Å². The van der Waals surface area contributed by atoms with Gasteiger partial charge in [0.05, 0.1) is 11.3 Å². The van der Waals surface area contributed by atoms with E-state index in [0.29, 0.717) is 29.8 Å². The summed E-state index contributed by atoms with van der Waals surface area (Å²) in [7, 11) is 1.59. The third-order valence-electron chi connectivity index (χ3n) is 3.80. The van der Waals surface area contributed by atoms with Crippen LogP contribution in [0.4, 0.5) is 4.39 Å². The Bertz CT molecular complexity index is 725. The second-order valence-corrected chi connectivity index (χ2v) is 5.19. The molecule has 118 valence electrons. The van der Waals surface area contributed by atoms with Crippen molar-refractivity contribution >= 4 is 0 Å². The summed E-state index contributed by atoms with van der Waals surface area (Å²) in [5, 5.41) is 13.5. The van der Waals surface area contributed by atoms with Crippen LogP contribution < -0.4 is 10.9 Å². The van der Waals surface area contributed by atoms with Crippen molar-refractivity contribution in [1.29, 1.82) is 0 Å². The lowest BCUT2D eigenvalue weighted by Gasteiger charge is -2.19. The Morgan fingerprint density at radius 1 is 1.32 bits per heavy atom. The smallest absolute Gasteiger partial charge is 0.259 e. The number of rotatable bonds is 5. The van der Waals surface area contributed by atoms with E-state index in [9.17, 15) is 14.3 Å². The minimum atomic E-state index is -0.427. The molecule has 5 heteroatoms. The summed E-state index contributed by atoms with van der Waals surface area (Å²) in [6.45, 7) is 4.57. The Labute approximate surface area is 129 Å². The van der Waals surface area contributed by atoms with Crippen LogP contribution in [-0.4, -0.2) is 16.2 Å². The number of benzene rings is 1. The van der Waals surface area contributed by atoms with Crippen LogP contribution in [0.25, 0.3) is 11.3 Å². The highest BCUT2D eigenvalue weighted by atomic mass is 19.1. The van der Waals surface area contributed by atoms with Gasteiger partial charge in [-0.1, -0.05) is 26.0 Å².